The summed E-state index contributed by atoms with van der Waals surface area (Å²) in [5.74, 6) is 0.00491. The Morgan fingerprint density at radius 2 is 2.11 bits per heavy atom. The van der Waals surface area contributed by atoms with Gasteiger partial charge in [-0.25, -0.2) is 0 Å². The molecule has 0 atom stereocenters. The van der Waals surface area contributed by atoms with Crippen molar-refractivity contribution in [1.82, 2.24) is 0 Å². The van der Waals surface area contributed by atoms with Crippen LogP contribution in [0.3, 0.4) is 0 Å². The maximum Gasteiger partial charge on any atom is 0.268 e. The highest BCUT2D eigenvalue weighted by Crippen LogP contribution is 2.22. The van der Waals surface area contributed by atoms with Gasteiger partial charge in [0.15, 0.2) is 0 Å². The minimum absolute atomic E-state index is 0.00491. The number of nitrogens with zero attached hydrogens (tertiary/aromatic N) is 1. The van der Waals surface area contributed by atoms with Crippen molar-refractivity contribution in [3.05, 3.63) is 46.2 Å². The Labute approximate surface area is 111 Å². The molecule has 3 nitrogen and oxygen atoms in total. The summed E-state index contributed by atoms with van der Waals surface area (Å²) in [5, 5.41) is 0. The molecule has 0 aliphatic rings. The standard InChI is InChI=1S/C14H16N2OS/c1-3-12-7-8-13(18-12)14(17)16(2)11-6-4-5-10(15)9-11/h4-9H,3,15H2,1-2H3. The van der Waals surface area contributed by atoms with E-state index in [1.54, 1.807) is 29.4 Å². The summed E-state index contributed by atoms with van der Waals surface area (Å²) in [4.78, 5) is 15.9. The molecule has 0 fully saturated rings. The molecule has 0 aliphatic carbocycles. The third kappa shape index (κ3) is 2.54. The van der Waals surface area contributed by atoms with Crippen LogP contribution >= 0.6 is 11.3 Å². The fourth-order valence-corrected chi connectivity index (χ4v) is 2.62. The van der Waals surface area contributed by atoms with Gasteiger partial charge in [0.1, 0.15) is 0 Å². The number of rotatable bonds is 3. The first-order valence-corrected chi connectivity index (χ1v) is 6.65. The molecule has 0 saturated carbocycles. The summed E-state index contributed by atoms with van der Waals surface area (Å²) in [6.07, 6.45) is 0.958. The van der Waals surface area contributed by atoms with Gasteiger partial charge in [0.2, 0.25) is 0 Å². The number of carbonyl (C=O) groups excluding carboxylic acids is 1. The van der Waals surface area contributed by atoms with Crippen molar-refractivity contribution in [3.63, 3.8) is 0 Å². The molecule has 0 unspecified atom stereocenters. The molecule has 94 valence electrons. The van der Waals surface area contributed by atoms with Crippen molar-refractivity contribution in [1.29, 1.82) is 0 Å². The molecule has 0 radical (unpaired) electrons. The van der Waals surface area contributed by atoms with Crippen molar-refractivity contribution >= 4 is 28.6 Å². The number of thiophene rings is 1. The van der Waals surface area contributed by atoms with Crippen LogP contribution in [0.1, 0.15) is 21.5 Å². The van der Waals surface area contributed by atoms with Crippen molar-refractivity contribution in [2.24, 2.45) is 0 Å². The van der Waals surface area contributed by atoms with Gasteiger partial charge in [-0.3, -0.25) is 4.79 Å². The van der Waals surface area contributed by atoms with Gasteiger partial charge in [0, 0.05) is 23.3 Å². The molecule has 1 heterocycles. The summed E-state index contributed by atoms with van der Waals surface area (Å²) in [7, 11) is 1.77. The number of nitrogens with two attached hydrogens (primary N) is 1. The third-order valence-electron chi connectivity index (χ3n) is 2.78. The fourth-order valence-electron chi connectivity index (χ4n) is 1.70. The Kier molecular flexibility index (Phi) is 3.67. The minimum Gasteiger partial charge on any atom is -0.399 e. The van der Waals surface area contributed by atoms with Gasteiger partial charge in [0.25, 0.3) is 5.91 Å². The second kappa shape index (κ2) is 5.23. The van der Waals surface area contributed by atoms with Gasteiger partial charge < -0.3 is 10.6 Å². The number of carbonyl (C=O) groups is 1. The predicted molar refractivity (Wildman–Crippen MR) is 77.3 cm³/mol. The van der Waals surface area contributed by atoms with Crippen molar-refractivity contribution in [2.75, 3.05) is 17.7 Å². The molecule has 2 rings (SSSR count). The Morgan fingerprint density at radius 1 is 1.33 bits per heavy atom. The highest BCUT2D eigenvalue weighted by molar-refractivity contribution is 7.14. The average Bonchev–Trinajstić information content (AvgIpc) is 2.85. The summed E-state index contributed by atoms with van der Waals surface area (Å²) < 4.78 is 0. The van der Waals surface area contributed by atoms with E-state index in [-0.39, 0.29) is 5.91 Å². The highest BCUT2D eigenvalue weighted by atomic mass is 32.1. The van der Waals surface area contributed by atoms with E-state index in [0.717, 1.165) is 17.0 Å². The Morgan fingerprint density at radius 3 is 2.72 bits per heavy atom. The lowest BCUT2D eigenvalue weighted by molar-refractivity contribution is 0.0997. The van der Waals surface area contributed by atoms with Gasteiger partial charge in [-0.05, 0) is 36.8 Å². The van der Waals surface area contributed by atoms with E-state index < -0.39 is 0 Å². The Balaban J connectivity index is 2.23. The maximum absolute atomic E-state index is 12.3. The second-order valence-corrected chi connectivity index (χ2v) is 5.25. The molecule has 2 N–H and O–H groups in total. The molecule has 0 saturated heterocycles. The molecule has 0 spiro atoms. The first-order chi connectivity index (χ1) is 8.61. The van der Waals surface area contributed by atoms with Crippen LogP contribution in [-0.4, -0.2) is 13.0 Å². The van der Waals surface area contributed by atoms with Crippen molar-refractivity contribution in [2.45, 2.75) is 13.3 Å². The van der Waals surface area contributed by atoms with Gasteiger partial charge in [-0.2, -0.15) is 0 Å². The minimum atomic E-state index is 0.00491. The SMILES string of the molecule is CCc1ccc(C(=O)N(C)c2cccc(N)c2)s1. The summed E-state index contributed by atoms with van der Waals surface area (Å²) in [6, 6.07) is 11.2. The summed E-state index contributed by atoms with van der Waals surface area (Å²) in [6.45, 7) is 2.09. The van der Waals surface area contributed by atoms with E-state index >= 15 is 0 Å². The molecule has 0 bridgehead atoms. The molecule has 2 aromatic rings. The van der Waals surface area contributed by atoms with E-state index in [1.807, 2.05) is 30.3 Å². The van der Waals surface area contributed by atoms with Crippen LogP contribution in [0.2, 0.25) is 0 Å². The fraction of sp³-hybridized carbons (Fsp3) is 0.214. The number of aryl methyl sites for hydroxylation is 1. The first-order valence-electron chi connectivity index (χ1n) is 5.84. The number of benzene rings is 1. The van der Waals surface area contributed by atoms with Crippen molar-refractivity contribution < 1.29 is 4.79 Å². The molecule has 1 aromatic heterocycles. The summed E-state index contributed by atoms with van der Waals surface area (Å²) in [5.41, 5.74) is 7.20. The van der Waals surface area contributed by atoms with E-state index in [4.69, 9.17) is 5.73 Å². The third-order valence-corrected chi connectivity index (χ3v) is 4.00. The van der Waals surface area contributed by atoms with E-state index in [0.29, 0.717) is 5.69 Å². The van der Waals surface area contributed by atoms with Crippen LogP contribution in [0.5, 0.6) is 0 Å². The lowest BCUT2D eigenvalue weighted by atomic mass is 10.2. The molecular weight excluding hydrogens is 244 g/mol. The van der Waals surface area contributed by atoms with Crippen LogP contribution < -0.4 is 10.6 Å². The first kappa shape index (κ1) is 12.6. The smallest absolute Gasteiger partial charge is 0.268 e. The van der Waals surface area contributed by atoms with E-state index in [9.17, 15) is 4.79 Å². The van der Waals surface area contributed by atoms with E-state index in [2.05, 4.69) is 6.92 Å². The van der Waals surface area contributed by atoms with Crippen molar-refractivity contribution in [3.8, 4) is 0 Å². The Hall–Kier alpha value is -1.81. The summed E-state index contributed by atoms with van der Waals surface area (Å²) >= 11 is 1.55. The molecule has 1 aromatic carbocycles. The van der Waals surface area contributed by atoms with Crippen LogP contribution in [-0.2, 0) is 6.42 Å². The number of hydrogen-bond donors (Lipinski definition) is 1. The Bertz CT molecular complexity index is 562. The van der Waals surface area contributed by atoms with E-state index in [1.165, 1.54) is 4.88 Å². The zero-order chi connectivity index (χ0) is 13.1. The maximum atomic E-state index is 12.3. The van der Waals surface area contributed by atoms with Gasteiger partial charge in [0.05, 0.1) is 4.88 Å². The number of nitrogen functional groups attached to an aromatic ring is 1. The number of anilines is 2. The molecular formula is C14H16N2OS. The lowest BCUT2D eigenvalue weighted by Gasteiger charge is -2.16. The van der Waals surface area contributed by atoms with Crippen LogP contribution in [0, 0.1) is 0 Å². The van der Waals surface area contributed by atoms with Gasteiger partial charge >= 0.3 is 0 Å². The van der Waals surface area contributed by atoms with Crippen LogP contribution in [0.15, 0.2) is 36.4 Å². The zero-order valence-electron chi connectivity index (χ0n) is 10.5. The lowest BCUT2D eigenvalue weighted by Crippen LogP contribution is -2.25. The predicted octanol–water partition coefficient (Wildman–Crippen LogP) is 3.17. The molecule has 1 amide bonds. The van der Waals surface area contributed by atoms with Crippen LogP contribution in [0.25, 0.3) is 0 Å². The molecule has 0 aliphatic heterocycles. The van der Waals surface area contributed by atoms with Crippen LogP contribution in [0.4, 0.5) is 11.4 Å². The topological polar surface area (TPSA) is 46.3 Å². The second-order valence-electron chi connectivity index (χ2n) is 4.08. The monoisotopic (exact) mass is 260 g/mol. The number of amides is 1. The zero-order valence-corrected chi connectivity index (χ0v) is 11.3. The van der Waals surface area contributed by atoms with Gasteiger partial charge in [-0.1, -0.05) is 13.0 Å². The molecule has 18 heavy (non-hydrogen) atoms. The number of hydrogen-bond acceptors (Lipinski definition) is 3. The normalized spacial score (nSPS) is 10.3. The largest absolute Gasteiger partial charge is 0.399 e. The highest BCUT2D eigenvalue weighted by Gasteiger charge is 2.15. The van der Waals surface area contributed by atoms with Gasteiger partial charge in [-0.15, -0.1) is 11.3 Å². The average molecular weight is 260 g/mol. The molecule has 4 heteroatoms. The quantitative estimate of drug-likeness (QED) is 0.862.